The second-order valence-electron chi connectivity index (χ2n) is 5.85. The Morgan fingerprint density at radius 2 is 1.82 bits per heavy atom. The van der Waals surface area contributed by atoms with Crippen LogP contribution in [0.5, 0.6) is 0 Å². The Morgan fingerprint density at radius 3 is 2.46 bits per heavy atom. The topological polar surface area (TPSA) is 119 Å². The van der Waals surface area contributed by atoms with E-state index in [4.69, 9.17) is 14.2 Å². The molecule has 0 aliphatic carbocycles. The van der Waals surface area contributed by atoms with E-state index in [1.807, 2.05) is 0 Å². The fraction of sp³-hybridized carbons (Fsp3) is 0.222. The van der Waals surface area contributed by atoms with Crippen LogP contribution in [0.25, 0.3) is 10.8 Å². The highest BCUT2D eigenvalue weighted by Crippen LogP contribution is 2.31. The van der Waals surface area contributed by atoms with Crippen molar-refractivity contribution in [2.75, 3.05) is 32.5 Å². The Balaban J connectivity index is 2.17. The first-order valence-corrected chi connectivity index (χ1v) is 9.47. The van der Waals surface area contributed by atoms with Gasteiger partial charge >= 0.3 is 11.9 Å². The maximum Gasteiger partial charge on any atom is 0.355 e. The first-order valence-electron chi connectivity index (χ1n) is 8.03. The number of benzene rings is 2. The normalized spacial score (nSPS) is 14.9. The van der Waals surface area contributed by atoms with Gasteiger partial charge in [-0.1, -0.05) is 18.2 Å². The molecule has 1 aliphatic rings. The molecule has 0 saturated carbocycles. The van der Waals surface area contributed by atoms with Crippen molar-refractivity contribution >= 4 is 38.5 Å². The van der Waals surface area contributed by atoms with Crippen LogP contribution in [0.2, 0.25) is 0 Å². The van der Waals surface area contributed by atoms with E-state index in [9.17, 15) is 22.6 Å². The highest BCUT2D eigenvalue weighted by atomic mass is 32.2. The highest BCUT2D eigenvalue weighted by molar-refractivity contribution is 7.86. The molecule has 28 heavy (non-hydrogen) atoms. The standard InChI is InChI=1S/C18H17NO8S/c1-25-17(20)14-9-27-10-19(16(14)18(21)26-2)12-6-7-13-11(8-12)4-3-5-15(13)28(22,23)24/h3-8H,9-10H2,1-2H3,(H,22,23,24). The van der Waals surface area contributed by atoms with Crippen LogP contribution < -0.4 is 4.90 Å². The number of carbonyl (C=O) groups excluding carboxylic acids is 2. The Bertz CT molecular complexity index is 1090. The van der Waals surface area contributed by atoms with Crippen LogP contribution >= 0.6 is 0 Å². The van der Waals surface area contributed by atoms with Crippen LogP contribution in [0.15, 0.2) is 52.6 Å². The van der Waals surface area contributed by atoms with Gasteiger partial charge in [0.15, 0.2) is 0 Å². The summed E-state index contributed by atoms with van der Waals surface area (Å²) in [5, 5.41) is 0.811. The summed E-state index contributed by atoms with van der Waals surface area (Å²) < 4.78 is 47.5. The molecule has 0 spiro atoms. The van der Waals surface area contributed by atoms with Crippen molar-refractivity contribution in [3.05, 3.63) is 47.7 Å². The van der Waals surface area contributed by atoms with Gasteiger partial charge in [0, 0.05) is 11.1 Å². The van der Waals surface area contributed by atoms with Crippen molar-refractivity contribution < 1.29 is 36.8 Å². The van der Waals surface area contributed by atoms with Crippen LogP contribution in [0, 0.1) is 0 Å². The summed E-state index contributed by atoms with van der Waals surface area (Å²) in [6.07, 6.45) is 0. The molecule has 0 unspecified atom stereocenters. The van der Waals surface area contributed by atoms with Gasteiger partial charge in [-0.05, 0) is 23.6 Å². The van der Waals surface area contributed by atoms with E-state index in [1.54, 1.807) is 18.2 Å². The molecule has 0 fully saturated rings. The van der Waals surface area contributed by atoms with Crippen molar-refractivity contribution in [3.63, 3.8) is 0 Å². The van der Waals surface area contributed by atoms with Gasteiger partial charge in [0.25, 0.3) is 10.1 Å². The second-order valence-corrected chi connectivity index (χ2v) is 7.24. The number of esters is 2. The Morgan fingerprint density at radius 1 is 1.11 bits per heavy atom. The second kappa shape index (κ2) is 7.58. The summed E-state index contributed by atoms with van der Waals surface area (Å²) in [6, 6.07) is 9.07. The summed E-state index contributed by atoms with van der Waals surface area (Å²) in [6.45, 7) is -0.150. The molecule has 9 nitrogen and oxygen atoms in total. The fourth-order valence-corrected chi connectivity index (χ4v) is 3.70. The summed E-state index contributed by atoms with van der Waals surface area (Å²) in [4.78, 5) is 25.6. The van der Waals surface area contributed by atoms with Gasteiger partial charge in [-0.25, -0.2) is 9.59 Å². The number of carbonyl (C=O) groups is 2. The molecule has 0 amide bonds. The van der Waals surface area contributed by atoms with E-state index >= 15 is 0 Å². The van der Waals surface area contributed by atoms with Gasteiger partial charge in [0.05, 0.1) is 26.4 Å². The van der Waals surface area contributed by atoms with E-state index < -0.39 is 22.1 Å². The van der Waals surface area contributed by atoms with E-state index in [1.165, 1.54) is 37.3 Å². The zero-order valence-corrected chi connectivity index (χ0v) is 15.9. The maximum atomic E-state index is 12.3. The molecule has 1 heterocycles. The van der Waals surface area contributed by atoms with Crippen molar-refractivity contribution in [2.24, 2.45) is 0 Å². The third-order valence-electron chi connectivity index (χ3n) is 4.25. The fourth-order valence-electron chi connectivity index (χ4n) is 2.98. The molecule has 10 heteroatoms. The van der Waals surface area contributed by atoms with Gasteiger partial charge in [-0.15, -0.1) is 0 Å². The summed E-state index contributed by atoms with van der Waals surface area (Å²) in [5.74, 6) is -1.46. The minimum atomic E-state index is -4.40. The molecule has 0 radical (unpaired) electrons. The lowest BCUT2D eigenvalue weighted by Crippen LogP contribution is -2.38. The number of nitrogens with zero attached hydrogens (tertiary/aromatic N) is 1. The van der Waals surface area contributed by atoms with Crippen molar-refractivity contribution in [3.8, 4) is 0 Å². The van der Waals surface area contributed by atoms with Crippen LogP contribution in [0.3, 0.4) is 0 Å². The smallest absolute Gasteiger partial charge is 0.355 e. The number of methoxy groups -OCH3 is 2. The van der Waals surface area contributed by atoms with E-state index in [2.05, 4.69) is 0 Å². The average Bonchev–Trinajstić information content (AvgIpc) is 2.70. The number of anilines is 1. The third-order valence-corrected chi connectivity index (χ3v) is 5.16. The quantitative estimate of drug-likeness (QED) is 0.593. The number of rotatable bonds is 4. The molecule has 1 aliphatic heterocycles. The van der Waals surface area contributed by atoms with E-state index in [0.29, 0.717) is 16.5 Å². The van der Waals surface area contributed by atoms with Gasteiger partial charge in [0.1, 0.15) is 17.3 Å². The first-order chi connectivity index (χ1) is 13.3. The molecule has 0 saturated heterocycles. The highest BCUT2D eigenvalue weighted by Gasteiger charge is 2.32. The van der Waals surface area contributed by atoms with Crippen molar-refractivity contribution in [2.45, 2.75) is 4.90 Å². The van der Waals surface area contributed by atoms with E-state index in [0.717, 1.165) is 0 Å². The van der Waals surface area contributed by atoms with Crippen molar-refractivity contribution in [1.29, 1.82) is 0 Å². The van der Waals surface area contributed by atoms with Crippen LogP contribution in [0.4, 0.5) is 5.69 Å². The summed E-state index contributed by atoms with van der Waals surface area (Å²) >= 11 is 0. The summed E-state index contributed by atoms with van der Waals surface area (Å²) in [7, 11) is -2.02. The number of fused-ring (bicyclic) bond motifs is 1. The zero-order chi connectivity index (χ0) is 20.5. The lowest BCUT2D eigenvalue weighted by molar-refractivity contribution is -0.140. The van der Waals surface area contributed by atoms with Gasteiger partial charge in [-0.2, -0.15) is 8.42 Å². The summed E-state index contributed by atoms with van der Waals surface area (Å²) in [5.41, 5.74) is 0.444. The molecule has 3 rings (SSSR count). The maximum absolute atomic E-state index is 12.3. The predicted octanol–water partition coefficient (Wildman–Crippen LogP) is 1.48. The minimum absolute atomic E-state index is 0.00684. The van der Waals surface area contributed by atoms with E-state index in [-0.39, 0.29) is 29.5 Å². The third kappa shape index (κ3) is 3.57. The van der Waals surface area contributed by atoms with Gasteiger partial charge < -0.3 is 19.1 Å². The van der Waals surface area contributed by atoms with Gasteiger partial charge in [0.2, 0.25) is 0 Å². The largest absolute Gasteiger partial charge is 0.466 e. The average molecular weight is 407 g/mol. The minimum Gasteiger partial charge on any atom is -0.466 e. The number of hydrogen-bond donors (Lipinski definition) is 1. The van der Waals surface area contributed by atoms with Gasteiger partial charge in [-0.3, -0.25) is 4.55 Å². The Hall–Kier alpha value is -2.95. The molecule has 1 N–H and O–H groups in total. The predicted molar refractivity (Wildman–Crippen MR) is 98.1 cm³/mol. The lowest BCUT2D eigenvalue weighted by Gasteiger charge is -2.31. The lowest BCUT2D eigenvalue weighted by atomic mass is 10.1. The zero-order valence-electron chi connectivity index (χ0n) is 15.0. The van der Waals surface area contributed by atoms with Crippen LogP contribution in [-0.2, 0) is 33.9 Å². The molecular formula is C18H17NO8S. The first kappa shape index (κ1) is 19.8. The Labute approximate surface area is 160 Å². The molecule has 0 aromatic heterocycles. The van der Waals surface area contributed by atoms with Crippen molar-refractivity contribution in [1.82, 2.24) is 0 Å². The molecule has 0 bridgehead atoms. The monoisotopic (exact) mass is 407 g/mol. The molecular weight excluding hydrogens is 390 g/mol. The molecule has 2 aromatic rings. The Kier molecular flexibility index (Phi) is 5.36. The van der Waals surface area contributed by atoms with Crippen LogP contribution in [-0.4, -0.2) is 52.5 Å². The number of hydrogen-bond acceptors (Lipinski definition) is 8. The molecule has 2 aromatic carbocycles. The molecule has 148 valence electrons. The molecule has 0 atom stereocenters. The van der Waals surface area contributed by atoms with Crippen LogP contribution in [0.1, 0.15) is 0 Å². The SMILES string of the molecule is COC(=O)C1=C(C(=O)OC)N(c2ccc3c(S(=O)(=O)O)cccc3c2)COC1. The number of ether oxygens (including phenoxy) is 3.